The van der Waals surface area contributed by atoms with Crippen LogP contribution in [0.5, 0.6) is 0 Å². The molecule has 0 radical (unpaired) electrons. The zero-order valence-electron chi connectivity index (χ0n) is 20.5. The van der Waals surface area contributed by atoms with E-state index < -0.39 is 30.7 Å². The van der Waals surface area contributed by atoms with Crippen LogP contribution in [0.4, 0.5) is 30.7 Å². The molecule has 0 unspecified atom stereocenters. The van der Waals surface area contributed by atoms with Crippen LogP contribution < -0.4 is 0 Å². The number of rotatable bonds is 15. The number of hydrogen-bond donors (Lipinski definition) is 0. The van der Waals surface area contributed by atoms with Crippen LogP contribution in [0.1, 0.15) is 52.4 Å². The van der Waals surface area contributed by atoms with Gasteiger partial charge in [-0.2, -0.15) is 30.7 Å². The van der Waals surface area contributed by atoms with Gasteiger partial charge in [0.25, 0.3) is 0 Å². The normalized spacial score (nSPS) is 24.5. The molecular weight excluding hydrogens is 507 g/mol. The van der Waals surface area contributed by atoms with Crippen LogP contribution in [-0.2, 0) is 4.74 Å². The molecule has 1 heterocycles. The maximum absolute atomic E-state index is 13.5. The third kappa shape index (κ3) is 9.08. The van der Waals surface area contributed by atoms with Crippen LogP contribution in [0, 0.1) is 11.8 Å². The number of alkyl halides is 7. The van der Waals surface area contributed by atoms with E-state index >= 15 is 0 Å². The van der Waals surface area contributed by atoms with E-state index in [-0.39, 0.29) is 18.9 Å². The number of halogens is 7. The molecule has 4 atom stereocenters. The molecule has 2 nitrogen and oxygen atoms in total. The Morgan fingerprint density at radius 1 is 1.17 bits per heavy atom. The van der Waals surface area contributed by atoms with Crippen molar-refractivity contribution in [3.05, 3.63) is 48.6 Å². The van der Waals surface area contributed by atoms with Crippen LogP contribution in [0.2, 0.25) is 0 Å². The van der Waals surface area contributed by atoms with Crippen molar-refractivity contribution in [2.75, 3.05) is 12.4 Å². The second-order valence-corrected chi connectivity index (χ2v) is 10.4. The van der Waals surface area contributed by atoms with Gasteiger partial charge >= 0.3 is 18.0 Å². The molecule has 0 saturated heterocycles. The second-order valence-electron chi connectivity index (χ2n) is 9.38. The molecule has 1 aliphatic heterocycles. The number of nitrogens with zero attached hydrogens (tertiary/aromatic N) is 1. The molecule has 0 aromatic heterocycles. The number of ether oxygens (including phenoxy) is 1. The Hall–Kier alpha value is -1.55. The van der Waals surface area contributed by atoms with E-state index in [4.69, 9.17) is 9.73 Å². The van der Waals surface area contributed by atoms with Gasteiger partial charge in [0.1, 0.15) is 6.61 Å². The minimum Gasteiger partial charge on any atom is -0.371 e. The molecule has 1 fully saturated rings. The lowest BCUT2D eigenvalue weighted by Crippen LogP contribution is -2.54. The van der Waals surface area contributed by atoms with E-state index in [0.29, 0.717) is 12.3 Å². The molecule has 0 bridgehead atoms. The zero-order chi connectivity index (χ0) is 27.0. The van der Waals surface area contributed by atoms with Crippen LogP contribution >= 0.6 is 11.8 Å². The topological polar surface area (TPSA) is 21.6 Å². The summed E-state index contributed by atoms with van der Waals surface area (Å²) in [5, 5.41) is 1.30. The first-order chi connectivity index (χ1) is 16.8. The summed E-state index contributed by atoms with van der Waals surface area (Å²) in [6.07, 6.45) is 7.63. The summed E-state index contributed by atoms with van der Waals surface area (Å²) >= 11 is 1.86. The molecule has 10 heteroatoms. The highest BCUT2D eigenvalue weighted by Gasteiger charge is 2.73. The Labute approximate surface area is 212 Å². The van der Waals surface area contributed by atoms with Gasteiger partial charge in [-0.05, 0) is 51.4 Å². The third-order valence-electron chi connectivity index (χ3n) is 6.10. The molecule has 36 heavy (non-hydrogen) atoms. The van der Waals surface area contributed by atoms with Crippen LogP contribution in [0.3, 0.4) is 0 Å². The standard InChI is InChI=1S/C26H34F7NOS/c1-4-10-21(35-17-24(27,28)25(29,30)26(31,32)33)14-13-18(2)11-8-6-5-7-9-12-20-16-36-23(34-20)22-15-19(22)3/h4,6,8-9,11-12,19-22H,1,5,7,10,13-17H2,2-3H3/b8-6+,12-9-,18-11+/t19-,20+,21-,22+/m0/s1. The largest absolute Gasteiger partial charge is 0.459 e. The Balaban J connectivity index is 1.71. The van der Waals surface area contributed by atoms with Gasteiger partial charge in [0.05, 0.1) is 17.2 Å². The van der Waals surface area contributed by atoms with Crippen molar-refractivity contribution in [1.29, 1.82) is 0 Å². The molecular formula is C26H34F7NOS. The summed E-state index contributed by atoms with van der Waals surface area (Å²) in [6.45, 7) is 5.49. The van der Waals surface area contributed by atoms with Gasteiger partial charge in [-0.3, -0.25) is 4.99 Å². The number of thioether (sulfide) groups is 1. The molecule has 0 aromatic carbocycles. The average molecular weight is 542 g/mol. The fourth-order valence-corrected chi connectivity index (χ4v) is 4.88. The fourth-order valence-electron chi connectivity index (χ4n) is 3.60. The van der Waals surface area contributed by atoms with Crippen molar-refractivity contribution in [1.82, 2.24) is 0 Å². The summed E-state index contributed by atoms with van der Waals surface area (Å²) in [5.41, 5.74) is 0.894. The highest BCUT2D eigenvalue weighted by Crippen LogP contribution is 2.47. The molecule has 204 valence electrons. The van der Waals surface area contributed by atoms with E-state index in [1.54, 1.807) is 0 Å². The van der Waals surface area contributed by atoms with Gasteiger partial charge in [-0.15, -0.1) is 18.3 Å². The molecule has 0 aromatic rings. The van der Waals surface area contributed by atoms with Crippen LogP contribution in [-0.4, -0.2) is 47.6 Å². The Morgan fingerprint density at radius 3 is 2.44 bits per heavy atom. The molecule has 0 amide bonds. The van der Waals surface area contributed by atoms with Crippen molar-refractivity contribution < 1.29 is 35.5 Å². The Kier molecular flexibility index (Phi) is 11.3. The summed E-state index contributed by atoms with van der Waals surface area (Å²) in [6, 6.07) is 0.259. The summed E-state index contributed by atoms with van der Waals surface area (Å²) in [4.78, 5) is 4.77. The van der Waals surface area contributed by atoms with Crippen LogP contribution in [0.15, 0.2) is 53.6 Å². The summed E-state index contributed by atoms with van der Waals surface area (Å²) in [5.74, 6) is -9.09. The molecule has 0 N–H and O–H groups in total. The average Bonchev–Trinajstić information content (AvgIpc) is 3.33. The van der Waals surface area contributed by atoms with Gasteiger partial charge in [0.15, 0.2) is 0 Å². The van der Waals surface area contributed by atoms with Crippen molar-refractivity contribution in [3.63, 3.8) is 0 Å². The Bertz CT molecular complexity index is 848. The van der Waals surface area contributed by atoms with Crippen molar-refractivity contribution in [2.45, 2.75) is 82.5 Å². The maximum Gasteiger partial charge on any atom is 0.459 e. The van der Waals surface area contributed by atoms with Gasteiger partial charge in [0.2, 0.25) is 0 Å². The first-order valence-electron chi connectivity index (χ1n) is 12.0. The van der Waals surface area contributed by atoms with Crippen molar-refractivity contribution >= 4 is 16.8 Å². The highest BCUT2D eigenvalue weighted by atomic mass is 32.2. The zero-order valence-corrected chi connectivity index (χ0v) is 21.4. The Morgan fingerprint density at radius 2 is 1.83 bits per heavy atom. The lowest BCUT2D eigenvalue weighted by Gasteiger charge is -2.29. The molecule has 2 aliphatic rings. The van der Waals surface area contributed by atoms with E-state index in [1.165, 1.54) is 17.5 Å². The van der Waals surface area contributed by atoms with Crippen molar-refractivity contribution in [2.24, 2.45) is 16.8 Å². The van der Waals surface area contributed by atoms with Crippen molar-refractivity contribution in [3.8, 4) is 0 Å². The van der Waals surface area contributed by atoms with E-state index in [2.05, 4.69) is 25.7 Å². The second kappa shape index (κ2) is 13.3. The molecule has 2 rings (SSSR count). The quantitative estimate of drug-likeness (QED) is 0.0897. The van der Waals surface area contributed by atoms with Gasteiger partial charge in [-0.25, -0.2) is 0 Å². The first kappa shape index (κ1) is 30.7. The first-order valence-corrected chi connectivity index (χ1v) is 13.0. The fraction of sp³-hybridized carbons (Fsp3) is 0.654. The number of allylic oxidation sites excluding steroid dienone is 5. The lowest BCUT2D eigenvalue weighted by atomic mass is 10.1. The summed E-state index contributed by atoms with van der Waals surface area (Å²) < 4.78 is 94.6. The minimum absolute atomic E-state index is 0.0494. The monoisotopic (exact) mass is 541 g/mol. The summed E-state index contributed by atoms with van der Waals surface area (Å²) in [7, 11) is 0. The molecule has 1 saturated carbocycles. The molecule has 1 aliphatic carbocycles. The van der Waals surface area contributed by atoms with E-state index in [9.17, 15) is 30.7 Å². The number of aliphatic imine (C=N–C) groups is 1. The number of hydrogen-bond acceptors (Lipinski definition) is 3. The predicted molar refractivity (Wildman–Crippen MR) is 132 cm³/mol. The minimum atomic E-state index is -6.36. The SMILES string of the molecule is C=CC[C@@H](CC/C(C)=C/C=C/CC/C=C\[C@@H]1CSC([C@@H]2C[C@@H]2C)=N1)OCC(F)(F)C(F)(F)C(F)(F)F. The number of unbranched alkanes of at least 4 members (excludes halogenated alkanes) is 1. The van der Waals surface area contributed by atoms with E-state index in [0.717, 1.165) is 30.1 Å². The van der Waals surface area contributed by atoms with Gasteiger partial charge in [-0.1, -0.05) is 49.0 Å². The lowest BCUT2D eigenvalue weighted by molar-refractivity contribution is -0.362. The molecule has 0 spiro atoms. The van der Waals surface area contributed by atoms with Gasteiger partial charge in [0, 0.05) is 11.7 Å². The predicted octanol–water partition coefficient (Wildman–Crippen LogP) is 8.57. The maximum atomic E-state index is 13.5. The van der Waals surface area contributed by atoms with E-state index in [1.807, 2.05) is 36.9 Å². The smallest absolute Gasteiger partial charge is 0.371 e. The van der Waals surface area contributed by atoms with Gasteiger partial charge < -0.3 is 4.74 Å². The van der Waals surface area contributed by atoms with Crippen LogP contribution in [0.25, 0.3) is 0 Å². The highest BCUT2D eigenvalue weighted by molar-refractivity contribution is 8.14. The third-order valence-corrected chi connectivity index (χ3v) is 7.31.